The molecule has 2 amide bonds. The largest absolute Gasteiger partial charge is 0.379 e. The summed E-state index contributed by atoms with van der Waals surface area (Å²) >= 11 is 0. The molecule has 0 aliphatic carbocycles. The Morgan fingerprint density at radius 2 is 2.04 bits per heavy atom. The van der Waals surface area contributed by atoms with Crippen LogP contribution in [0.25, 0.3) is 0 Å². The number of rotatable bonds is 4. The zero-order valence-corrected chi connectivity index (χ0v) is 13.6. The van der Waals surface area contributed by atoms with Crippen molar-refractivity contribution in [2.45, 2.75) is 32.4 Å². The molecular formula is C13H21N5O5. The van der Waals surface area contributed by atoms with Crippen LogP contribution in [0.3, 0.4) is 0 Å². The molecule has 2 rings (SSSR count). The summed E-state index contributed by atoms with van der Waals surface area (Å²) in [6.07, 6.45) is 1.84. The molecule has 1 saturated heterocycles. The zero-order valence-electron chi connectivity index (χ0n) is 13.6. The maximum absolute atomic E-state index is 11.0. The Morgan fingerprint density at radius 1 is 1.52 bits per heavy atom. The summed E-state index contributed by atoms with van der Waals surface area (Å²) < 4.78 is 6.24. The van der Waals surface area contributed by atoms with E-state index in [1.54, 1.807) is 7.11 Å². The van der Waals surface area contributed by atoms with Crippen LogP contribution in [-0.2, 0) is 9.53 Å². The molecule has 2 heterocycles. The number of nitro groups is 1. The second-order valence-corrected chi connectivity index (χ2v) is 5.99. The second-order valence-electron chi connectivity index (χ2n) is 5.99. The van der Waals surface area contributed by atoms with Gasteiger partial charge in [0.15, 0.2) is 0 Å². The number of aromatic nitrogens is 2. The SMILES string of the molecule is COC(C)(C)C.NC(=O)c1nn(C2CN(C=O)C2)cc1[N+](=O)[O-]. The first-order chi connectivity index (χ1) is 10.6. The van der Waals surface area contributed by atoms with E-state index in [9.17, 15) is 19.7 Å². The number of amides is 2. The Labute approximate surface area is 133 Å². The van der Waals surface area contributed by atoms with E-state index < -0.39 is 16.5 Å². The van der Waals surface area contributed by atoms with E-state index in [1.807, 2.05) is 20.8 Å². The Balaban J connectivity index is 0.000000379. The lowest BCUT2D eigenvalue weighted by Gasteiger charge is -2.35. The van der Waals surface area contributed by atoms with Gasteiger partial charge in [-0.1, -0.05) is 0 Å². The minimum absolute atomic E-state index is 0.0417. The van der Waals surface area contributed by atoms with Crippen molar-refractivity contribution < 1.29 is 19.2 Å². The van der Waals surface area contributed by atoms with Gasteiger partial charge in [0.2, 0.25) is 12.1 Å². The summed E-state index contributed by atoms with van der Waals surface area (Å²) in [5.74, 6) is -0.943. The van der Waals surface area contributed by atoms with Gasteiger partial charge in [-0.3, -0.25) is 24.4 Å². The number of nitrogens with zero attached hydrogens (tertiary/aromatic N) is 4. The van der Waals surface area contributed by atoms with Gasteiger partial charge in [-0.05, 0) is 20.8 Å². The lowest BCUT2D eigenvalue weighted by Crippen LogP contribution is -2.46. The van der Waals surface area contributed by atoms with E-state index in [4.69, 9.17) is 10.5 Å². The van der Waals surface area contributed by atoms with Crippen molar-refractivity contribution in [3.05, 3.63) is 22.0 Å². The van der Waals surface area contributed by atoms with E-state index in [-0.39, 0.29) is 17.3 Å². The van der Waals surface area contributed by atoms with Gasteiger partial charge in [0, 0.05) is 20.2 Å². The first-order valence-electron chi connectivity index (χ1n) is 6.87. The van der Waals surface area contributed by atoms with Crippen molar-refractivity contribution in [1.82, 2.24) is 14.7 Å². The molecule has 1 aliphatic rings. The van der Waals surface area contributed by atoms with Crippen LogP contribution < -0.4 is 5.73 Å². The average Bonchev–Trinajstić information content (AvgIpc) is 2.82. The van der Waals surface area contributed by atoms with E-state index >= 15 is 0 Å². The topological polar surface area (TPSA) is 134 Å². The van der Waals surface area contributed by atoms with Gasteiger partial charge in [0.25, 0.3) is 5.91 Å². The summed E-state index contributed by atoms with van der Waals surface area (Å²) in [6.45, 7) is 6.90. The number of hydrogen-bond acceptors (Lipinski definition) is 6. The minimum Gasteiger partial charge on any atom is -0.379 e. The van der Waals surface area contributed by atoms with Crippen LogP contribution in [0.15, 0.2) is 6.20 Å². The minimum atomic E-state index is -0.943. The number of nitrogens with two attached hydrogens (primary N) is 1. The highest BCUT2D eigenvalue weighted by molar-refractivity contribution is 5.94. The molecule has 0 atom stereocenters. The summed E-state index contributed by atoms with van der Waals surface area (Å²) in [7, 11) is 1.71. The van der Waals surface area contributed by atoms with Crippen LogP contribution in [0.1, 0.15) is 37.3 Å². The fraction of sp³-hybridized carbons (Fsp3) is 0.615. The monoisotopic (exact) mass is 327 g/mol. The van der Waals surface area contributed by atoms with Crippen LogP contribution in [0.5, 0.6) is 0 Å². The van der Waals surface area contributed by atoms with Gasteiger partial charge in [0.05, 0.1) is 16.6 Å². The maximum Gasteiger partial charge on any atom is 0.320 e. The molecule has 1 fully saturated rings. The zero-order chi connectivity index (χ0) is 17.8. The van der Waals surface area contributed by atoms with Gasteiger partial charge < -0.3 is 15.4 Å². The number of carbonyl (C=O) groups is 2. The third-order valence-corrected chi connectivity index (χ3v) is 3.17. The number of carbonyl (C=O) groups excluding carboxylic acids is 2. The van der Waals surface area contributed by atoms with Crippen molar-refractivity contribution in [2.24, 2.45) is 5.73 Å². The van der Waals surface area contributed by atoms with E-state index in [0.717, 1.165) is 6.20 Å². The Kier molecular flexibility index (Phi) is 5.79. The summed E-state index contributed by atoms with van der Waals surface area (Å²) in [5.41, 5.74) is 4.26. The Hall–Kier alpha value is -2.49. The first-order valence-corrected chi connectivity index (χ1v) is 6.87. The molecule has 10 heteroatoms. The third kappa shape index (κ3) is 5.02. The highest BCUT2D eigenvalue weighted by Gasteiger charge is 2.32. The van der Waals surface area contributed by atoms with E-state index in [0.29, 0.717) is 19.5 Å². The fourth-order valence-corrected chi connectivity index (χ4v) is 1.62. The lowest BCUT2D eigenvalue weighted by atomic mass is 10.1. The van der Waals surface area contributed by atoms with Gasteiger partial charge >= 0.3 is 5.69 Å². The van der Waals surface area contributed by atoms with Crippen LogP contribution in [0.4, 0.5) is 5.69 Å². The van der Waals surface area contributed by atoms with Gasteiger partial charge in [-0.15, -0.1) is 0 Å². The second kappa shape index (κ2) is 7.18. The number of ether oxygens (including phenoxy) is 1. The molecule has 0 bridgehead atoms. The fourth-order valence-electron chi connectivity index (χ4n) is 1.62. The third-order valence-electron chi connectivity index (χ3n) is 3.17. The maximum atomic E-state index is 11.0. The predicted octanol–water partition coefficient (Wildman–Crippen LogP) is 0.335. The molecule has 10 nitrogen and oxygen atoms in total. The highest BCUT2D eigenvalue weighted by atomic mass is 16.6. The van der Waals surface area contributed by atoms with Crippen molar-refractivity contribution >= 4 is 18.0 Å². The van der Waals surface area contributed by atoms with Crippen molar-refractivity contribution in [2.75, 3.05) is 20.2 Å². The van der Waals surface area contributed by atoms with E-state index in [1.165, 1.54) is 9.58 Å². The number of likely N-dealkylation sites (tertiary alicyclic amines) is 1. The van der Waals surface area contributed by atoms with Crippen LogP contribution in [-0.4, -0.2) is 57.7 Å². The van der Waals surface area contributed by atoms with Crippen LogP contribution >= 0.6 is 0 Å². The summed E-state index contributed by atoms with van der Waals surface area (Å²) in [4.78, 5) is 32.8. The molecule has 2 N–H and O–H groups in total. The molecule has 23 heavy (non-hydrogen) atoms. The highest BCUT2D eigenvalue weighted by Crippen LogP contribution is 2.23. The Morgan fingerprint density at radius 3 is 2.35 bits per heavy atom. The molecular weight excluding hydrogens is 306 g/mol. The quantitative estimate of drug-likeness (QED) is 0.481. The predicted molar refractivity (Wildman–Crippen MR) is 80.8 cm³/mol. The molecule has 1 aromatic heterocycles. The van der Waals surface area contributed by atoms with Crippen LogP contribution in [0.2, 0.25) is 0 Å². The molecule has 0 aromatic carbocycles. The Bertz CT molecular complexity index is 555. The van der Waals surface area contributed by atoms with Crippen LogP contribution in [0, 0.1) is 10.1 Å². The standard InChI is InChI=1S/C8H9N5O4.C5H12O/c9-8(15)7-6(13(16)17)3-12(10-7)5-1-11(2-5)4-14;1-5(2,3)6-4/h3-5H,1-2H2,(H2,9,15);1-4H3. The molecule has 0 spiro atoms. The smallest absolute Gasteiger partial charge is 0.320 e. The molecule has 0 saturated carbocycles. The normalized spacial score (nSPS) is 14.5. The molecule has 1 aliphatic heterocycles. The van der Waals surface area contributed by atoms with Crippen molar-refractivity contribution in [3.63, 3.8) is 0 Å². The average molecular weight is 327 g/mol. The van der Waals surface area contributed by atoms with Gasteiger partial charge in [-0.2, -0.15) is 5.10 Å². The number of methoxy groups -OCH3 is 1. The summed E-state index contributed by atoms with van der Waals surface area (Å²) in [5, 5.41) is 14.4. The molecule has 128 valence electrons. The summed E-state index contributed by atoms with van der Waals surface area (Å²) in [6, 6.07) is -0.146. The number of hydrogen-bond donors (Lipinski definition) is 1. The lowest BCUT2D eigenvalue weighted by molar-refractivity contribution is -0.385. The molecule has 0 radical (unpaired) electrons. The number of primary amides is 1. The van der Waals surface area contributed by atoms with Gasteiger partial charge in [-0.25, -0.2) is 0 Å². The molecule has 1 aromatic rings. The van der Waals surface area contributed by atoms with Crippen molar-refractivity contribution in [1.29, 1.82) is 0 Å². The van der Waals surface area contributed by atoms with E-state index in [2.05, 4.69) is 5.10 Å². The van der Waals surface area contributed by atoms with Gasteiger partial charge in [0.1, 0.15) is 6.20 Å². The first kappa shape index (κ1) is 18.6. The molecule has 0 unspecified atom stereocenters. The van der Waals surface area contributed by atoms with Crippen molar-refractivity contribution in [3.8, 4) is 0 Å².